The fourth-order valence-electron chi connectivity index (χ4n) is 1.68. The van der Waals surface area contributed by atoms with Gasteiger partial charge in [0.1, 0.15) is 18.1 Å². The number of carbonyl (C=O) groups is 2. The number of nitrogens with one attached hydrogen (secondary N) is 1. The Morgan fingerprint density at radius 1 is 1.40 bits per heavy atom. The van der Waals surface area contributed by atoms with E-state index in [1.165, 1.54) is 6.07 Å². The second-order valence-corrected chi connectivity index (χ2v) is 4.10. The maximum Gasteiger partial charge on any atom is 0.371 e. The van der Waals surface area contributed by atoms with Gasteiger partial charge in [0.05, 0.1) is 0 Å². The van der Waals surface area contributed by atoms with E-state index in [4.69, 9.17) is 14.3 Å². The number of carbonyl (C=O) groups excluding carboxylic acids is 1. The maximum atomic E-state index is 10.7. The number of anilines is 1. The number of carboxylic acid groups (broad SMARTS) is 1. The highest BCUT2D eigenvalue weighted by Crippen LogP contribution is 2.22. The van der Waals surface area contributed by atoms with Gasteiger partial charge in [-0.25, -0.2) is 4.79 Å². The largest absolute Gasteiger partial charge is 0.486 e. The summed E-state index contributed by atoms with van der Waals surface area (Å²) in [5.74, 6) is -0.205. The third-order valence-electron chi connectivity index (χ3n) is 2.67. The quantitative estimate of drug-likeness (QED) is 0.790. The van der Waals surface area contributed by atoms with Crippen LogP contribution in [0.25, 0.3) is 0 Å². The van der Waals surface area contributed by atoms with Gasteiger partial charge in [0, 0.05) is 5.69 Å². The van der Waals surface area contributed by atoms with Crippen molar-refractivity contribution < 1.29 is 23.8 Å². The summed E-state index contributed by atoms with van der Waals surface area (Å²) in [6.45, 7) is 1.97. The Hall–Kier alpha value is -2.76. The first kappa shape index (κ1) is 13.7. The Labute approximate surface area is 115 Å². The molecule has 0 bridgehead atoms. The first-order valence-electron chi connectivity index (χ1n) is 5.86. The number of benzene rings is 1. The molecule has 0 fully saturated rings. The molecule has 0 aliphatic rings. The van der Waals surface area contributed by atoms with E-state index in [0.29, 0.717) is 23.6 Å². The lowest BCUT2D eigenvalue weighted by atomic mass is 10.2. The summed E-state index contributed by atoms with van der Waals surface area (Å²) in [6, 6.07) is 8.14. The highest BCUT2D eigenvalue weighted by molar-refractivity contribution is 5.84. The van der Waals surface area contributed by atoms with Crippen LogP contribution in [0.15, 0.2) is 34.7 Å². The number of amides is 1. The fourth-order valence-corrected chi connectivity index (χ4v) is 1.68. The van der Waals surface area contributed by atoms with E-state index in [9.17, 15) is 9.59 Å². The number of carboxylic acids is 1. The van der Waals surface area contributed by atoms with Crippen LogP contribution in [0.2, 0.25) is 0 Å². The average Bonchev–Trinajstić information content (AvgIpc) is 2.88. The summed E-state index contributed by atoms with van der Waals surface area (Å²) < 4.78 is 10.6. The second kappa shape index (κ2) is 5.92. The number of aromatic carboxylic acids is 1. The van der Waals surface area contributed by atoms with Gasteiger partial charge in [-0.3, -0.25) is 4.79 Å². The van der Waals surface area contributed by atoms with E-state index >= 15 is 0 Å². The predicted molar refractivity (Wildman–Crippen MR) is 70.9 cm³/mol. The molecule has 1 heterocycles. The van der Waals surface area contributed by atoms with Crippen molar-refractivity contribution in [2.45, 2.75) is 13.5 Å². The van der Waals surface area contributed by atoms with E-state index in [0.717, 1.165) is 5.56 Å². The molecule has 104 valence electrons. The van der Waals surface area contributed by atoms with Crippen LogP contribution >= 0.6 is 0 Å². The molecule has 1 amide bonds. The fraction of sp³-hybridized carbons (Fsp3) is 0.143. The number of hydrogen-bond acceptors (Lipinski definition) is 4. The molecule has 2 aromatic rings. The van der Waals surface area contributed by atoms with Crippen LogP contribution < -0.4 is 10.1 Å². The highest BCUT2D eigenvalue weighted by atomic mass is 16.5. The van der Waals surface area contributed by atoms with Crippen molar-refractivity contribution >= 4 is 18.1 Å². The molecule has 0 radical (unpaired) electrons. The number of rotatable bonds is 6. The zero-order chi connectivity index (χ0) is 14.5. The molecular formula is C14H13NO5. The molecule has 6 heteroatoms. The molecule has 0 aliphatic heterocycles. The van der Waals surface area contributed by atoms with Crippen molar-refractivity contribution in [1.82, 2.24) is 0 Å². The molecule has 1 aromatic heterocycles. The molecule has 0 spiro atoms. The third kappa shape index (κ3) is 3.17. The minimum absolute atomic E-state index is 0.120. The third-order valence-corrected chi connectivity index (χ3v) is 2.67. The van der Waals surface area contributed by atoms with Crippen LogP contribution in [-0.4, -0.2) is 17.5 Å². The first-order valence-corrected chi connectivity index (χ1v) is 5.86. The normalized spacial score (nSPS) is 10.1. The second-order valence-electron chi connectivity index (χ2n) is 4.10. The summed E-state index contributed by atoms with van der Waals surface area (Å²) in [6.07, 6.45) is 0.610. The van der Waals surface area contributed by atoms with Gasteiger partial charge in [-0.05, 0) is 42.8 Å². The average molecular weight is 275 g/mol. The monoisotopic (exact) mass is 275 g/mol. The van der Waals surface area contributed by atoms with Gasteiger partial charge in [0.25, 0.3) is 0 Å². The van der Waals surface area contributed by atoms with Crippen molar-refractivity contribution in [3.63, 3.8) is 0 Å². The van der Waals surface area contributed by atoms with Gasteiger partial charge in [0.15, 0.2) is 0 Å². The van der Waals surface area contributed by atoms with Gasteiger partial charge in [-0.15, -0.1) is 0 Å². The van der Waals surface area contributed by atoms with Crippen LogP contribution in [0.4, 0.5) is 5.69 Å². The molecule has 2 N–H and O–H groups in total. The molecule has 0 saturated heterocycles. The molecule has 1 aromatic carbocycles. The summed E-state index contributed by atoms with van der Waals surface area (Å²) >= 11 is 0. The maximum absolute atomic E-state index is 10.7. The van der Waals surface area contributed by atoms with Crippen LogP contribution in [0.3, 0.4) is 0 Å². The van der Waals surface area contributed by atoms with Crippen LogP contribution in [0, 0.1) is 6.92 Å². The molecule has 20 heavy (non-hydrogen) atoms. The molecule has 0 saturated carbocycles. The zero-order valence-corrected chi connectivity index (χ0v) is 10.8. The number of furan rings is 1. The molecule has 0 unspecified atom stereocenters. The van der Waals surface area contributed by atoms with Crippen molar-refractivity contribution in [3.05, 3.63) is 47.4 Å². The van der Waals surface area contributed by atoms with E-state index in [1.807, 2.05) is 6.92 Å². The van der Waals surface area contributed by atoms with Gasteiger partial charge < -0.3 is 19.6 Å². The molecule has 0 aliphatic carbocycles. The summed E-state index contributed by atoms with van der Waals surface area (Å²) in [7, 11) is 0. The Kier molecular flexibility index (Phi) is 4.05. The first-order chi connectivity index (χ1) is 9.60. The lowest BCUT2D eigenvalue weighted by Crippen LogP contribution is -1.98. The summed E-state index contributed by atoms with van der Waals surface area (Å²) in [5, 5.41) is 11.3. The van der Waals surface area contributed by atoms with Crippen molar-refractivity contribution in [2.75, 3.05) is 5.32 Å². The van der Waals surface area contributed by atoms with E-state index in [1.54, 1.807) is 24.3 Å². The minimum Gasteiger partial charge on any atom is -0.486 e. The summed E-state index contributed by atoms with van der Waals surface area (Å²) in [5.41, 5.74) is 1.57. The highest BCUT2D eigenvalue weighted by Gasteiger charge is 2.09. The topological polar surface area (TPSA) is 88.8 Å². The molecule has 2 rings (SSSR count). The predicted octanol–water partition coefficient (Wildman–Crippen LogP) is 2.43. The van der Waals surface area contributed by atoms with E-state index < -0.39 is 5.97 Å². The van der Waals surface area contributed by atoms with Gasteiger partial charge in [-0.2, -0.15) is 0 Å². The van der Waals surface area contributed by atoms with Gasteiger partial charge in [0.2, 0.25) is 12.2 Å². The van der Waals surface area contributed by atoms with Crippen molar-refractivity contribution in [3.8, 4) is 5.75 Å². The Morgan fingerprint density at radius 3 is 2.80 bits per heavy atom. The SMILES string of the molecule is Cc1cc(OCc2ccc(C(=O)O)o2)ccc1NC=O. The van der Waals surface area contributed by atoms with E-state index in [2.05, 4.69) is 5.32 Å². The molecular weight excluding hydrogens is 262 g/mol. The van der Waals surface area contributed by atoms with Crippen LogP contribution in [0.1, 0.15) is 21.9 Å². The lowest BCUT2D eigenvalue weighted by molar-refractivity contribution is -0.105. The van der Waals surface area contributed by atoms with Crippen molar-refractivity contribution in [2.24, 2.45) is 0 Å². The molecule has 0 atom stereocenters. The van der Waals surface area contributed by atoms with Crippen LogP contribution in [-0.2, 0) is 11.4 Å². The molecule has 6 nitrogen and oxygen atoms in total. The Bertz CT molecular complexity index is 632. The summed E-state index contributed by atoms with van der Waals surface area (Å²) in [4.78, 5) is 21.0. The van der Waals surface area contributed by atoms with Crippen LogP contribution in [0.5, 0.6) is 5.75 Å². The smallest absolute Gasteiger partial charge is 0.371 e. The standard InChI is InChI=1S/C14H13NO5/c1-9-6-10(2-4-12(9)15-8-16)19-7-11-3-5-13(20-11)14(17)18/h2-6,8H,7H2,1H3,(H,15,16)(H,17,18). The number of aryl methyl sites for hydroxylation is 1. The lowest BCUT2D eigenvalue weighted by Gasteiger charge is -2.08. The van der Waals surface area contributed by atoms with Gasteiger partial charge in [-0.1, -0.05) is 0 Å². The minimum atomic E-state index is -1.11. The number of ether oxygens (including phenoxy) is 1. The Balaban J connectivity index is 2.01. The van der Waals surface area contributed by atoms with E-state index in [-0.39, 0.29) is 12.4 Å². The zero-order valence-electron chi connectivity index (χ0n) is 10.8. The van der Waals surface area contributed by atoms with Gasteiger partial charge >= 0.3 is 5.97 Å². The van der Waals surface area contributed by atoms with Crippen molar-refractivity contribution in [1.29, 1.82) is 0 Å². The Morgan fingerprint density at radius 2 is 2.20 bits per heavy atom. The number of hydrogen-bond donors (Lipinski definition) is 2.